The fraction of sp³-hybridized carbons (Fsp3) is 0.800. The first-order chi connectivity index (χ1) is 5.81. The average Bonchev–Trinajstić information content (AvgIpc) is 2.09. The summed E-state index contributed by atoms with van der Waals surface area (Å²) in [6.45, 7) is 7.36. The van der Waals surface area contributed by atoms with E-state index in [0.29, 0.717) is 6.10 Å². The summed E-state index contributed by atoms with van der Waals surface area (Å²) in [7, 11) is 0. The molecular weight excluding hydrogens is 150 g/mol. The van der Waals surface area contributed by atoms with Gasteiger partial charge in [-0.1, -0.05) is 6.08 Å². The van der Waals surface area contributed by atoms with Gasteiger partial charge in [-0.15, -0.1) is 6.58 Å². The van der Waals surface area contributed by atoms with Crippen LogP contribution in [0.25, 0.3) is 0 Å². The zero-order valence-corrected chi connectivity index (χ0v) is 8.09. The second-order valence-corrected chi connectivity index (χ2v) is 3.04. The molecule has 0 aliphatic heterocycles. The highest BCUT2D eigenvalue weighted by Gasteiger charge is 1.99. The molecule has 2 N–H and O–H groups in total. The molecule has 1 unspecified atom stereocenters. The van der Waals surface area contributed by atoms with Gasteiger partial charge in [-0.25, -0.2) is 0 Å². The van der Waals surface area contributed by atoms with Crippen LogP contribution in [0.3, 0.4) is 0 Å². The third-order valence-electron chi connectivity index (χ3n) is 1.77. The van der Waals surface area contributed by atoms with Crippen LogP contribution < -0.4 is 5.73 Å². The molecule has 0 aliphatic carbocycles. The maximum atomic E-state index is 5.54. The smallest absolute Gasteiger partial charge is 0.0547 e. The monoisotopic (exact) mass is 171 g/mol. The van der Waals surface area contributed by atoms with Crippen molar-refractivity contribution in [3.63, 3.8) is 0 Å². The lowest BCUT2D eigenvalue weighted by atomic mass is 10.2. The van der Waals surface area contributed by atoms with Gasteiger partial charge in [0.05, 0.1) is 6.10 Å². The maximum absolute atomic E-state index is 5.54. The van der Waals surface area contributed by atoms with Crippen LogP contribution in [0.5, 0.6) is 0 Å². The number of nitrogens with two attached hydrogens (primary N) is 1. The molecule has 0 heterocycles. The summed E-state index contributed by atoms with van der Waals surface area (Å²) in [5.41, 5.74) is 5.38. The molecule has 0 radical (unpaired) electrons. The molecule has 0 aromatic rings. The summed E-state index contributed by atoms with van der Waals surface area (Å²) in [5.74, 6) is 0. The first-order valence-electron chi connectivity index (χ1n) is 4.73. The summed E-state index contributed by atoms with van der Waals surface area (Å²) in [6, 6.07) is 0. The first kappa shape index (κ1) is 11.7. The second kappa shape index (κ2) is 8.75. The van der Waals surface area contributed by atoms with Crippen molar-refractivity contribution in [2.45, 2.75) is 38.7 Å². The highest BCUT2D eigenvalue weighted by Crippen LogP contribution is 2.01. The highest BCUT2D eigenvalue weighted by molar-refractivity contribution is 4.65. The molecule has 1 atom stereocenters. The highest BCUT2D eigenvalue weighted by atomic mass is 16.5. The molecule has 0 amide bonds. The van der Waals surface area contributed by atoms with Crippen molar-refractivity contribution in [2.24, 2.45) is 5.73 Å². The van der Waals surface area contributed by atoms with E-state index in [4.69, 9.17) is 10.5 Å². The van der Waals surface area contributed by atoms with Crippen LogP contribution in [-0.4, -0.2) is 19.3 Å². The Balaban J connectivity index is 3.07. The van der Waals surface area contributed by atoms with Crippen molar-refractivity contribution in [2.75, 3.05) is 13.2 Å². The van der Waals surface area contributed by atoms with Crippen LogP contribution >= 0.6 is 0 Å². The Hall–Kier alpha value is -0.340. The van der Waals surface area contributed by atoms with Crippen molar-refractivity contribution >= 4 is 0 Å². The third kappa shape index (κ3) is 7.76. The van der Waals surface area contributed by atoms with Gasteiger partial charge in [0.15, 0.2) is 0 Å². The quantitative estimate of drug-likeness (QED) is 0.448. The van der Waals surface area contributed by atoms with Crippen LogP contribution in [-0.2, 0) is 4.74 Å². The van der Waals surface area contributed by atoms with E-state index >= 15 is 0 Å². The van der Waals surface area contributed by atoms with E-state index in [-0.39, 0.29) is 0 Å². The minimum absolute atomic E-state index is 0.360. The minimum Gasteiger partial charge on any atom is -0.378 e. The Morgan fingerprint density at radius 3 is 2.83 bits per heavy atom. The van der Waals surface area contributed by atoms with Gasteiger partial charge >= 0.3 is 0 Å². The van der Waals surface area contributed by atoms with E-state index in [0.717, 1.165) is 38.8 Å². The topological polar surface area (TPSA) is 35.2 Å². The van der Waals surface area contributed by atoms with E-state index in [2.05, 4.69) is 13.5 Å². The third-order valence-corrected chi connectivity index (χ3v) is 1.77. The summed E-state index contributed by atoms with van der Waals surface area (Å²) >= 11 is 0. The number of hydrogen-bond acceptors (Lipinski definition) is 2. The normalized spacial score (nSPS) is 12.8. The predicted octanol–water partition coefficient (Wildman–Crippen LogP) is 2.10. The average molecular weight is 171 g/mol. The number of rotatable bonds is 8. The number of ether oxygens (including phenoxy) is 1. The summed E-state index contributed by atoms with van der Waals surface area (Å²) in [5, 5.41) is 0. The van der Waals surface area contributed by atoms with Crippen molar-refractivity contribution in [1.29, 1.82) is 0 Å². The molecule has 0 aliphatic rings. The molecule has 2 heteroatoms. The summed E-state index contributed by atoms with van der Waals surface area (Å²) in [4.78, 5) is 0. The van der Waals surface area contributed by atoms with Crippen molar-refractivity contribution in [1.82, 2.24) is 0 Å². The van der Waals surface area contributed by atoms with Crippen molar-refractivity contribution in [3.8, 4) is 0 Å². The molecule has 12 heavy (non-hydrogen) atoms. The Bertz CT molecular complexity index is 104. The van der Waals surface area contributed by atoms with Crippen LogP contribution in [0.1, 0.15) is 32.6 Å². The number of hydrogen-bond donors (Lipinski definition) is 1. The lowest BCUT2D eigenvalue weighted by molar-refractivity contribution is 0.0582. The van der Waals surface area contributed by atoms with E-state index in [1.807, 2.05) is 6.08 Å². The maximum Gasteiger partial charge on any atom is 0.0547 e. The van der Waals surface area contributed by atoms with E-state index in [1.54, 1.807) is 0 Å². The zero-order valence-electron chi connectivity index (χ0n) is 8.09. The molecule has 0 spiro atoms. The lowest BCUT2D eigenvalue weighted by Crippen LogP contribution is -2.11. The molecular formula is C10H21NO. The van der Waals surface area contributed by atoms with Gasteiger partial charge in [0.1, 0.15) is 0 Å². The van der Waals surface area contributed by atoms with Gasteiger partial charge in [0.25, 0.3) is 0 Å². The standard InChI is InChI=1S/C10H21NO/c1-3-4-5-9-12-10(2)7-6-8-11/h3,10H,1,4-9,11H2,2H3. The van der Waals surface area contributed by atoms with E-state index in [1.165, 1.54) is 0 Å². The molecule has 72 valence electrons. The van der Waals surface area contributed by atoms with Gasteiger partial charge in [-0.3, -0.25) is 0 Å². The Kier molecular flexibility index (Phi) is 8.51. The summed E-state index contributed by atoms with van der Waals surface area (Å²) < 4.78 is 5.54. The molecule has 0 aromatic heterocycles. The van der Waals surface area contributed by atoms with E-state index < -0.39 is 0 Å². The zero-order chi connectivity index (χ0) is 9.23. The van der Waals surface area contributed by atoms with Crippen molar-refractivity contribution < 1.29 is 4.74 Å². The Morgan fingerprint density at radius 1 is 1.50 bits per heavy atom. The molecule has 0 saturated carbocycles. The second-order valence-electron chi connectivity index (χ2n) is 3.04. The first-order valence-corrected chi connectivity index (χ1v) is 4.73. The van der Waals surface area contributed by atoms with Gasteiger partial charge < -0.3 is 10.5 Å². The van der Waals surface area contributed by atoms with Gasteiger partial charge in [0, 0.05) is 6.61 Å². The number of allylic oxidation sites excluding steroid dienone is 1. The Labute approximate surface area is 75.8 Å². The SMILES string of the molecule is C=CCCCOC(C)CCCN. The predicted molar refractivity (Wildman–Crippen MR) is 53.1 cm³/mol. The fourth-order valence-electron chi connectivity index (χ4n) is 1.00. The number of unbranched alkanes of at least 4 members (excludes halogenated alkanes) is 1. The largest absolute Gasteiger partial charge is 0.378 e. The van der Waals surface area contributed by atoms with Crippen molar-refractivity contribution in [3.05, 3.63) is 12.7 Å². The van der Waals surface area contributed by atoms with Crippen LogP contribution in [0, 0.1) is 0 Å². The fourth-order valence-corrected chi connectivity index (χ4v) is 1.00. The van der Waals surface area contributed by atoms with Crippen LogP contribution in [0.2, 0.25) is 0 Å². The molecule has 0 saturated heterocycles. The molecule has 0 bridgehead atoms. The molecule has 2 nitrogen and oxygen atoms in total. The lowest BCUT2D eigenvalue weighted by Gasteiger charge is -2.11. The van der Waals surface area contributed by atoms with E-state index in [9.17, 15) is 0 Å². The molecule has 0 aromatic carbocycles. The van der Waals surface area contributed by atoms with Crippen LogP contribution in [0.4, 0.5) is 0 Å². The minimum atomic E-state index is 0.360. The molecule has 0 fully saturated rings. The van der Waals surface area contributed by atoms with Crippen LogP contribution in [0.15, 0.2) is 12.7 Å². The van der Waals surface area contributed by atoms with Gasteiger partial charge in [0.2, 0.25) is 0 Å². The molecule has 0 rings (SSSR count). The summed E-state index contributed by atoms with van der Waals surface area (Å²) in [6.07, 6.45) is 6.54. The van der Waals surface area contributed by atoms with Gasteiger partial charge in [-0.05, 0) is 39.2 Å². The Morgan fingerprint density at radius 2 is 2.25 bits per heavy atom. The van der Waals surface area contributed by atoms with Gasteiger partial charge in [-0.2, -0.15) is 0 Å².